The Bertz CT molecular complexity index is 787. The molecule has 3 saturated heterocycles. The molecule has 2 bridgehead atoms. The summed E-state index contributed by atoms with van der Waals surface area (Å²) in [7, 11) is 4.52. The maximum atomic E-state index is 13.2. The van der Waals surface area contributed by atoms with E-state index in [-0.39, 0.29) is 36.5 Å². The summed E-state index contributed by atoms with van der Waals surface area (Å²) in [6.45, 7) is 6.04. The third kappa shape index (κ3) is 4.24. The number of carbonyl (C=O) groups is 2. The zero-order valence-corrected chi connectivity index (χ0v) is 19.3. The van der Waals surface area contributed by atoms with Crippen molar-refractivity contribution in [3.8, 4) is 0 Å². The number of likely N-dealkylation sites (N-methyl/N-ethyl adjacent to an activating group) is 1. The van der Waals surface area contributed by atoms with Crippen LogP contribution in [-0.4, -0.2) is 67.5 Å². The van der Waals surface area contributed by atoms with Crippen molar-refractivity contribution in [3.05, 3.63) is 35.9 Å². The van der Waals surface area contributed by atoms with E-state index >= 15 is 0 Å². The fourth-order valence-electron chi connectivity index (χ4n) is 5.72. The number of esters is 2. The first kappa shape index (κ1) is 22.3. The lowest BCUT2D eigenvalue weighted by atomic mass is 9.93. The van der Waals surface area contributed by atoms with Crippen LogP contribution < -0.4 is 0 Å². The van der Waals surface area contributed by atoms with Crippen molar-refractivity contribution in [2.75, 3.05) is 20.7 Å². The molecule has 3 heterocycles. The molecule has 31 heavy (non-hydrogen) atoms. The van der Waals surface area contributed by atoms with Gasteiger partial charge in [0.1, 0.15) is 42.9 Å². The lowest BCUT2D eigenvalue weighted by molar-refractivity contribution is -0.938. The van der Waals surface area contributed by atoms with Crippen LogP contribution in [0.4, 0.5) is 0 Å². The molecule has 170 valence electrons. The van der Waals surface area contributed by atoms with E-state index in [1.165, 1.54) is 0 Å². The lowest BCUT2D eigenvalue weighted by Gasteiger charge is -2.45. The second-order valence-electron chi connectivity index (χ2n) is 10.2. The molecule has 3 fully saturated rings. The molecule has 0 aromatic heterocycles. The Kier molecular flexibility index (Phi) is 6.14. The fraction of sp³-hybridized carbons (Fsp3) is 0.680. The monoisotopic (exact) mass is 430 g/mol. The van der Waals surface area contributed by atoms with Gasteiger partial charge in [-0.15, -0.1) is 0 Å². The summed E-state index contributed by atoms with van der Waals surface area (Å²) < 4.78 is 18.4. The molecular weight excluding hydrogens is 394 g/mol. The third-order valence-corrected chi connectivity index (χ3v) is 7.75. The average Bonchev–Trinajstić information content (AvgIpc) is 3.47. The highest BCUT2D eigenvalue weighted by Crippen LogP contribution is 2.51. The standard InChI is InChI=1S/C25H36NO5/c1-6-18(15(2)3)24(27)29-14-19(16-10-8-7-9-11-16)25(28)30-17-12-20-22-23(31-22)21(13-17)26(20,4)5/h7-11,15,17-23H,6,12-14H2,1-5H3/q+1/t17?,18-,19+,20-,21-,22-,23+/m1/s1. The maximum absolute atomic E-state index is 13.2. The number of hydrogen-bond acceptors (Lipinski definition) is 5. The number of morpholine rings is 1. The first-order valence-corrected chi connectivity index (χ1v) is 11.6. The van der Waals surface area contributed by atoms with Gasteiger partial charge in [-0.25, -0.2) is 0 Å². The van der Waals surface area contributed by atoms with Crippen molar-refractivity contribution in [2.45, 2.75) is 76.3 Å². The molecule has 0 radical (unpaired) electrons. The minimum atomic E-state index is -0.609. The van der Waals surface area contributed by atoms with Gasteiger partial charge in [0.2, 0.25) is 0 Å². The van der Waals surface area contributed by atoms with Crippen molar-refractivity contribution in [2.24, 2.45) is 11.8 Å². The van der Waals surface area contributed by atoms with Gasteiger partial charge in [-0.2, -0.15) is 0 Å². The van der Waals surface area contributed by atoms with E-state index in [1.54, 1.807) is 0 Å². The van der Waals surface area contributed by atoms with Crippen LogP contribution in [0.3, 0.4) is 0 Å². The number of quaternary nitrogens is 1. The predicted molar refractivity (Wildman–Crippen MR) is 116 cm³/mol. The van der Waals surface area contributed by atoms with Crippen LogP contribution in [0.5, 0.6) is 0 Å². The Balaban J connectivity index is 1.42. The van der Waals surface area contributed by atoms with E-state index in [4.69, 9.17) is 14.2 Å². The van der Waals surface area contributed by atoms with Gasteiger partial charge in [0.15, 0.2) is 0 Å². The van der Waals surface area contributed by atoms with E-state index in [2.05, 4.69) is 14.1 Å². The third-order valence-electron chi connectivity index (χ3n) is 7.75. The molecule has 0 amide bonds. The summed E-state index contributed by atoms with van der Waals surface area (Å²) in [5, 5.41) is 0. The average molecular weight is 431 g/mol. The number of epoxide rings is 1. The number of rotatable bonds is 8. The summed E-state index contributed by atoms with van der Waals surface area (Å²) >= 11 is 0. The highest BCUT2D eigenvalue weighted by atomic mass is 16.6. The smallest absolute Gasteiger partial charge is 0.317 e. The van der Waals surface area contributed by atoms with Crippen LogP contribution in [0.25, 0.3) is 0 Å². The van der Waals surface area contributed by atoms with Crippen LogP contribution >= 0.6 is 0 Å². The number of ether oxygens (including phenoxy) is 3. The van der Waals surface area contributed by atoms with Crippen LogP contribution in [0.1, 0.15) is 51.5 Å². The number of piperidine rings is 1. The molecule has 6 heteroatoms. The molecule has 1 unspecified atom stereocenters. The van der Waals surface area contributed by atoms with Crippen molar-refractivity contribution >= 4 is 11.9 Å². The normalized spacial score (nSPS) is 32.1. The molecule has 0 aliphatic carbocycles. The van der Waals surface area contributed by atoms with Crippen molar-refractivity contribution in [1.29, 1.82) is 0 Å². The quantitative estimate of drug-likeness (QED) is 0.360. The number of fused-ring (bicyclic) bond motifs is 5. The Morgan fingerprint density at radius 1 is 1.06 bits per heavy atom. The molecule has 0 spiro atoms. The summed E-state index contributed by atoms with van der Waals surface area (Å²) in [6.07, 6.45) is 2.89. The van der Waals surface area contributed by atoms with Gasteiger partial charge in [-0.3, -0.25) is 9.59 Å². The highest BCUT2D eigenvalue weighted by Gasteiger charge is 2.70. The van der Waals surface area contributed by atoms with Crippen molar-refractivity contribution in [1.82, 2.24) is 0 Å². The van der Waals surface area contributed by atoms with Crippen LogP contribution in [-0.2, 0) is 23.8 Å². The molecule has 1 aromatic carbocycles. The van der Waals surface area contributed by atoms with Gasteiger partial charge in [-0.1, -0.05) is 51.1 Å². The molecule has 3 aliphatic heterocycles. The highest BCUT2D eigenvalue weighted by molar-refractivity contribution is 5.79. The van der Waals surface area contributed by atoms with Gasteiger partial charge >= 0.3 is 11.9 Å². The maximum Gasteiger partial charge on any atom is 0.317 e. The summed E-state index contributed by atoms with van der Waals surface area (Å²) in [6, 6.07) is 10.3. The van der Waals surface area contributed by atoms with E-state index in [0.717, 1.165) is 29.3 Å². The molecule has 1 aromatic rings. The summed E-state index contributed by atoms with van der Waals surface area (Å²) in [5.74, 6) is -1.11. The molecule has 6 nitrogen and oxygen atoms in total. The molecule has 7 atom stereocenters. The Hall–Kier alpha value is -1.92. The van der Waals surface area contributed by atoms with Crippen molar-refractivity contribution < 1.29 is 28.3 Å². The minimum Gasteiger partial charge on any atom is -0.464 e. The Morgan fingerprint density at radius 2 is 1.68 bits per heavy atom. The van der Waals surface area contributed by atoms with Crippen molar-refractivity contribution in [3.63, 3.8) is 0 Å². The van der Waals surface area contributed by atoms with Gasteiger partial charge in [0.05, 0.1) is 20.0 Å². The largest absolute Gasteiger partial charge is 0.464 e. The summed E-state index contributed by atoms with van der Waals surface area (Å²) in [5.41, 5.74) is 0.818. The van der Waals surface area contributed by atoms with E-state index in [9.17, 15) is 9.59 Å². The predicted octanol–water partition coefficient (Wildman–Crippen LogP) is 3.30. The van der Waals surface area contributed by atoms with E-state index in [0.29, 0.717) is 24.3 Å². The molecule has 0 saturated carbocycles. The number of carbonyl (C=O) groups excluding carboxylic acids is 2. The number of benzene rings is 1. The fourth-order valence-corrected chi connectivity index (χ4v) is 5.72. The van der Waals surface area contributed by atoms with E-state index < -0.39 is 5.92 Å². The van der Waals surface area contributed by atoms with Gasteiger partial charge in [0, 0.05) is 12.8 Å². The first-order chi connectivity index (χ1) is 14.7. The molecule has 4 rings (SSSR count). The van der Waals surface area contributed by atoms with Gasteiger partial charge in [-0.05, 0) is 17.9 Å². The van der Waals surface area contributed by atoms with Crippen LogP contribution in [0, 0.1) is 11.8 Å². The number of nitrogens with zero attached hydrogens (tertiary/aromatic N) is 1. The molecule has 3 aliphatic rings. The summed E-state index contributed by atoms with van der Waals surface area (Å²) in [4.78, 5) is 25.8. The molecule has 0 N–H and O–H groups in total. The second-order valence-corrected chi connectivity index (χ2v) is 10.2. The Labute approximate surface area is 185 Å². The first-order valence-electron chi connectivity index (χ1n) is 11.6. The zero-order chi connectivity index (χ0) is 22.3. The van der Waals surface area contributed by atoms with Crippen LogP contribution in [0.15, 0.2) is 30.3 Å². The SMILES string of the molecule is CC[C@@H](C(=O)OC[C@H](C(=O)OC1C[C@@H]2[C@@H]3O[C@@H]3[C@@H](C1)[N+]2(C)C)c1ccccc1)C(C)C. The minimum absolute atomic E-state index is 0.0143. The van der Waals surface area contributed by atoms with Gasteiger partial charge < -0.3 is 18.7 Å². The number of hydrogen-bond donors (Lipinski definition) is 0. The molecular formula is C25H36NO5+. The lowest BCUT2D eigenvalue weighted by Crippen LogP contribution is -2.60. The second kappa shape index (κ2) is 8.55. The topological polar surface area (TPSA) is 65.1 Å². The Morgan fingerprint density at radius 3 is 2.23 bits per heavy atom. The van der Waals surface area contributed by atoms with Crippen LogP contribution in [0.2, 0.25) is 0 Å². The zero-order valence-electron chi connectivity index (χ0n) is 19.3. The van der Waals surface area contributed by atoms with Gasteiger partial charge in [0.25, 0.3) is 0 Å². The van der Waals surface area contributed by atoms with E-state index in [1.807, 2.05) is 51.1 Å².